The van der Waals surface area contributed by atoms with Crippen LogP contribution in [0.4, 0.5) is 0 Å². The lowest BCUT2D eigenvalue weighted by Crippen LogP contribution is -2.39. The molecule has 0 spiro atoms. The van der Waals surface area contributed by atoms with Gasteiger partial charge >= 0.3 is 5.97 Å². The van der Waals surface area contributed by atoms with Gasteiger partial charge in [0.2, 0.25) is 0 Å². The van der Waals surface area contributed by atoms with Crippen molar-refractivity contribution in [3.8, 4) is 0 Å². The van der Waals surface area contributed by atoms with Crippen molar-refractivity contribution < 1.29 is 9.53 Å². The summed E-state index contributed by atoms with van der Waals surface area (Å²) in [6, 6.07) is 0.413. The monoisotopic (exact) mass is 167 g/mol. The molecule has 0 radical (unpaired) electrons. The molecule has 1 aliphatic heterocycles. The molecule has 1 fully saturated rings. The van der Waals surface area contributed by atoms with Gasteiger partial charge in [-0.25, -0.2) is 0 Å². The molecule has 1 aliphatic carbocycles. The third-order valence-electron chi connectivity index (χ3n) is 2.38. The van der Waals surface area contributed by atoms with Crippen molar-refractivity contribution >= 4 is 5.97 Å². The molecule has 0 aromatic rings. The van der Waals surface area contributed by atoms with E-state index in [-0.39, 0.29) is 12.0 Å². The third kappa shape index (κ3) is 1.50. The summed E-state index contributed by atoms with van der Waals surface area (Å²) >= 11 is 0. The molecule has 3 heteroatoms. The van der Waals surface area contributed by atoms with Gasteiger partial charge in [-0.3, -0.25) is 4.79 Å². The molecule has 0 saturated carbocycles. The number of nitrogens with one attached hydrogen (secondary N) is 1. The van der Waals surface area contributed by atoms with Crippen LogP contribution >= 0.6 is 0 Å². The molecular weight excluding hydrogens is 154 g/mol. The number of ether oxygens (including phenoxy) is 1. The van der Waals surface area contributed by atoms with Crippen molar-refractivity contribution in [2.24, 2.45) is 0 Å². The molecule has 2 rings (SSSR count). The predicted molar refractivity (Wildman–Crippen MR) is 44.7 cm³/mol. The van der Waals surface area contributed by atoms with E-state index in [1.165, 1.54) is 0 Å². The molecule has 0 aromatic heterocycles. The van der Waals surface area contributed by atoms with E-state index in [0.717, 1.165) is 19.3 Å². The molecule has 1 saturated heterocycles. The van der Waals surface area contributed by atoms with Crippen molar-refractivity contribution in [3.05, 3.63) is 12.2 Å². The molecule has 0 aromatic carbocycles. The van der Waals surface area contributed by atoms with E-state index in [0.29, 0.717) is 12.6 Å². The molecule has 0 amide bonds. The largest absolute Gasteiger partial charge is 0.464 e. The zero-order valence-electron chi connectivity index (χ0n) is 6.95. The first-order valence-corrected chi connectivity index (χ1v) is 4.44. The van der Waals surface area contributed by atoms with Crippen molar-refractivity contribution in [1.29, 1.82) is 0 Å². The second-order valence-electron chi connectivity index (χ2n) is 3.32. The Morgan fingerprint density at radius 3 is 2.75 bits per heavy atom. The second kappa shape index (κ2) is 3.27. The maximum absolute atomic E-state index is 11.1. The van der Waals surface area contributed by atoms with Gasteiger partial charge in [0, 0.05) is 12.5 Å². The van der Waals surface area contributed by atoms with E-state index in [4.69, 9.17) is 4.74 Å². The highest BCUT2D eigenvalue weighted by Gasteiger charge is 2.28. The third-order valence-corrected chi connectivity index (χ3v) is 2.38. The maximum Gasteiger partial charge on any atom is 0.323 e. The van der Waals surface area contributed by atoms with Crippen LogP contribution in [0.2, 0.25) is 0 Å². The Hall–Kier alpha value is -0.830. The van der Waals surface area contributed by atoms with E-state index < -0.39 is 0 Å². The van der Waals surface area contributed by atoms with Crippen LogP contribution in [0.5, 0.6) is 0 Å². The summed E-state index contributed by atoms with van der Waals surface area (Å²) in [5.74, 6) is -0.0816. The number of rotatable bonds is 2. The number of hydrogen-bond acceptors (Lipinski definition) is 3. The summed E-state index contributed by atoms with van der Waals surface area (Å²) < 4.78 is 4.85. The minimum Gasteiger partial charge on any atom is -0.464 e. The molecule has 2 aliphatic rings. The highest BCUT2D eigenvalue weighted by atomic mass is 16.5. The topological polar surface area (TPSA) is 38.3 Å². The van der Waals surface area contributed by atoms with E-state index in [9.17, 15) is 4.79 Å². The summed E-state index contributed by atoms with van der Waals surface area (Å²) in [6.45, 7) is 0.580. The van der Waals surface area contributed by atoms with Crippen molar-refractivity contribution in [1.82, 2.24) is 5.32 Å². The Morgan fingerprint density at radius 2 is 2.17 bits per heavy atom. The van der Waals surface area contributed by atoms with Gasteiger partial charge in [0.25, 0.3) is 0 Å². The number of hydrogen-bond donors (Lipinski definition) is 1. The van der Waals surface area contributed by atoms with Gasteiger partial charge in [-0.15, -0.1) is 0 Å². The number of esters is 1. The highest BCUT2D eigenvalue weighted by molar-refractivity contribution is 5.77. The van der Waals surface area contributed by atoms with Crippen LogP contribution in [0.25, 0.3) is 0 Å². The lowest BCUT2D eigenvalue weighted by atomic mass is 10.2. The number of carbonyl (C=O) groups excluding carboxylic acids is 1. The smallest absolute Gasteiger partial charge is 0.323 e. The van der Waals surface area contributed by atoms with Crippen LogP contribution < -0.4 is 5.32 Å². The van der Waals surface area contributed by atoms with E-state index in [2.05, 4.69) is 17.5 Å². The standard InChI is InChI=1S/C9H13NO2/c11-9-8(5-6-12-9)10-7-3-1-2-4-7/h1-2,7-8,10H,3-6H2. The maximum atomic E-state index is 11.1. The first kappa shape index (κ1) is 7.80. The fraction of sp³-hybridized carbons (Fsp3) is 0.667. The van der Waals surface area contributed by atoms with Crippen molar-refractivity contribution in [2.75, 3.05) is 6.61 Å². The minimum absolute atomic E-state index is 0.0464. The fourth-order valence-corrected chi connectivity index (χ4v) is 1.68. The van der Waals surface area contributed by atoms with Crippen LogP contribution in [-0.4, -0.2) is 24.7 Å². The van der Waals surface area contributed by atoms with E-state index >= 15 is 0 Å². The zero-order chi connectivity index (χ0) is 8.39. The van der Waals surface area contributed by atoms with Crippen LogP contribution in [-0.2, 0) is 9.53 Å². The summed E-state index contributed by atoms with van der Waals surface area (Å²) in [7, 11) is 0. The number of carbonyl (C=O) groups is 1. The molecule has 66 valence electrons. The molecule has 1 unspecified atom stereocenters. The van der Waals surface area contributed by atoms with Gasteiger partial charge in [0.1, 0.15) is 6.04 Å². The lowest BCUT2D eigenvalue weighted by molar-refractivity contribution is -0.139. The second-order valence-corrected chi connectivity index (χ2v) is 3.32. The fourth-order valence-electron chi connectivity index (χ4n) is 1.68. The van der Waals surface area contributed by atoms with Gasteiger partial charge in [0.05, 0.1) is 6.61 Å². The molecular formula is C9H13NO2. The van der Waals surface area contributed by atoms with Gasteiger partial charge in [-0.05, 0) is 12.8 Å². The predicted octanol–water partition coefficient (Wildman–Crippen LogP) is 0.610. The van der Waals surface area contributed by atoms with Crippen LogP contribution in [0.3, 0.4) is 0 Å². The highest BCUT2D eigenvalue weighted by Crippen LogP contribution is 2.13. The van der Waals surface area contributed by atoms with Gasteiger partial charge in [-0.1, -0.05) is 12.2 Å². The van der Waals surface area contributed by atoms with Crippen LogP contribution in [0.15, 0.2) is 12.2 Å². The van der Waals surface area contributed by atoms with Gasteiger partial charge in [-0.2, -0.15) is 0 Å². The minimum atomic E-state index is -0.0816. The first-order chi connectivity index (χ1) is 5.86. The molecule has 12 heavy (non-hydrogen) atoms. The number of cyclic esters (lactones) is 1. The summed E-state index contributed by atoms with van der Waals surface area (Å²) in [5, 5.41) is 3.29. The van der Waals surface area contributed by atoms with E-state index in [1.54, 1.807) is 0 Å². The molecule has 1 atom stereocenters. The van der Waals surface area contributed by atoms with Crippen LogP contribution in [0, 0.1) is 0 Å². The Balaban J connectivity index is 1.82. The zero-order valence-corrected chi connectivity index (χ0v) is 6.95. The lowest BCUT2D eigenvalue weighted by Gasteiger charge is -2.14. The average Bonchev–Trinajstić information content (AvgIpc) is 2.65. The van der Waals surface area contributed by atoms with Crippen molar-refractivity contribution in [2.45, 2.75) is 31.3 Å². The molecule has 1 heterocycles. The van der Waals surface area contributed by atoms with Crippen LogP contribution in [0.1, 0.15) is 19.3 Å². The summed E-state index contributed by atoms with van der Waals surface area (Å²) in [5.41, 5.74) is 0. The molecule has 0 bridgehead atoms. The molecule has 1 N–H and O–H groups in total. The molecule has 3 nitrogen and oxygen atoms in total. The Bertz CT molecular complexity index is 205. The Kier molecular flexibility index (Phi) is 2.13. The van der Waals surface area contributed by atoms with E-state index in [1.807, 2.05) is 0 Å². The Morgan fingerprint density at radius 1 is 1.42 bits per heavy atom. The normalized spacial score (nSPS) is 29.7. The average molecular weight is 167 g/mol. The first-order valence-electron chi connectivity index (χ1n) is 4.44. The quantitative estimate of drug-likeness (QED) is 0.483. The Labute approximate surface area is 71.8 Å². The summed E-state index contributed by atoms with van der Waals surface area (Å²) in [6.07, 6.45) is 7.22. The summed E-state index contributed by atoms with van der Waals surface area (Å²) in [4.78, 5) is 11.1. The SMILES string of the molecule is O=C1OCCC1NC1CC=CC1. The van der Waals surface area contributed by atoms with Crippen molar-refractivity contribution in [3.63, 3.8) is 0 Å². The van der Waals surface area contributed by atoms with Gasteiger partial charge in [0.15, 0.2) is 0 Å². The van der Waals surface area contributed by atoms with Gasteiger partial charge < -0.3 is 10.1 Å².